The standard InChI is InChI=1S/C20H20BrN3/c1-15(11-16-7-4-3-5-8-16)13-22-20-23-14-19(24(20)2)17-9-6-10-18(21)12-17/h3-12,14H,13H2,1-2H3,(H,22,23)/b15-11+. The molecule has 0 saturated carbocycles. The Bertz CT molecular complexity index is 850. The summed E-state index contributed by atoms with van der Waals surface area (Å²) in [5, 5.41) is 3.41. The predicted molar refractivity (Wildman–Crippen MR) is 105 cm³/mol. The molecule has 0 spiro atoms. The lowest BCUT2D eigenvalue weighted by Gasteiger charge is -2.09. The number of benzene rings is 2. The third kappa shape index (κ3) is 3.95. The van der Waals surface area contributed by atoms with Crippen LogP contribution in [0.15, 0.2) is 70.8 Å². The number of hydrogen-bond acceptors (Lipinski definition) is 2. The van der Waals surface area contributed by atoms with E-state index in [0.717, 1.165) is 28.2 Å². The highest BCUT2D eigenvalue weighted by molar-refractivity contribution is 9.10. The van der Waals surface area contributed by atoms with Gasteiger partial charge in [-0.2, -0.15) is 0 Å². The fourth-order valence-electron chi connectivity index (χ4n) is 2.59. The summed E-state index contributed by atoms with van der Waals surface area (Å²) in [5.74, 6) is 0.866. The van der Waals surface area contributed by atoms with Crippen molar-refractivity contribution < 1.29 is 0 Å². The van der Waals surface area contributed by atoms with Crippen molar-refractivity contribution in [3.63, 3.8) is 0 Å². The molecule has 3 aromatic rings. The van der Waals surface area contributed by atoms with Crippen LogP contribution in [0.1, 0.15) is 12.5 Å². The highest BCUT2D eigenvalue weighted by atomic mass is 79.9. The lowest BCUT2D eigenvalue weighted by Crippen LogP contribution is -2.08. The molecule has 122 valence electrons. The molecule has 0 bridgehead atoms. The fourth-order valence-corrected chi connectivity index (χ4v) is 2.99. The average molecular weight is 382 g/mol. The van der Waals surface area contributed by atoms with E-state index in [1.807, 2.05) is 31.4 Å². The van der Waals surface area contributed by atoms with Crippen LogP contribution in [-0.4, -0.2) is 16.1 Å². The zero-order chi connectivity index (χ0) is 16.9. The first-order chi connectivity index (χ1) is 11.6. The molecule has 3 rings (SSSR count). The zero-order valence-electron chi connectivity index (χ0n) is 13.8. The predicted octanol–water partition coefficient (Wildman–Crippen LogP) is 5.37. The van der Waals surface area contributed by atoms with Gasteiger partial charge in [-0.25, -0.2) is 4.98 Å². The van der Waals surface area contributed by atoms with Crippen LogP contribution >= 0.6 is 15.9 Å². The van der Waals surface area contributed by atoms with Crippen LogP contribution in [0.2, 0.25) is 0 Å². The summed E-state index contributed by atoms with van der Waals surface area (Å²) in [6.45, 7) is 2.88. The summed E-state index contributed by atoms with van der Waals surface area (Å²) in [6, 6.07) is 18.6. The summed E-state index contributed by atoms with van der Waals surface area (Å²) in [5.41, 5.74) is 4.70. The number of anilines is 1. The van der Waals surface area contributed by atoms with Gasteiger partial charge in [0, 0.05) is 23.6 Å². The average Bonchev–Trinajstić information content (AvgIpc) is 2.95. The van der Waals surface area contributed by atoms with Gasteiger partial charge in [-0.1, -0.05) is 70.0 Å². The molecule has 0 aliphatic heterocycles. The SMILES string of the molecule is C/C(=C\c1ccccc1)CNc1ncc(-c2cccc(Br)c2)n1C. The number of nitrogens with one attached hydrogen (secondary N) is 1. The van der Waals surface area contributed by atoms with E-state index in [-0.39, 0.29) is 0 Å². The van der Waals surface area contributed by atoms with Crippen molar-refractivity contribution in [2.24, 2.45) is 7.05 Å². The highest BCUT2D eigenvalue weighted by Crippen LogP contribution is 2.24. The van der Waals surface area contributed by atoms with Crippen molar-refractivity contribution in [2.45, 2.75) is 6.92 Å². The molecule has 0 fully saturated rings. The van der Waals surface area contributed by atoms with E-state index in [0.29, 0.717) is 0 Å². The van der Waals surface area contributed by atoms with Gasteiger partial charge in [0.25, 0.3) is 0 Å². The Morgan fingerprint density at radius 3 is 2.71 bits per heavy atom. The first-order valence-corrected chi connectivity index (χ1v) is 8.66. The minimum atomic E-state index is 0.762. The lowest BCUT2D eigenvalue weighted by molar-refractivity contribution is 0.916. The van der Waals surface area contributed by atoms with Gasteiger partial charge in [-0.05, 0) is 24.6 Å². The highest BCUT2D eigenvalue weighted by Gasteiger charge is 2.08. The fraction of sp³-hybridized carbons (Fsp3) is 0.150. The number of hydrogen-bond donors (Lipinski definition) is 1. The Morgan fingerprint density at radius 2 is 1.96 bits per heavy atom. The van der Waals surface area contributed by atoms with Crippen molar-refractivity contribution in [3.8, 4) is 11.3 Å². The van der Waals surface area contributed by atoms with E-state index in [4.69, 9.17) is 0 Å². The molecule has 1 N–H and O–H groups in total. The molecule has 1 aromatic heterocycles. The van der Waals surface area contributed by atoms with Crippen LogP contribution in [0.3, 0.4) is 0 Å². The van der Waals surface area contributed by atoms with Gasteiger partial charge in [0.1, 0.15) is 0 Å². The normalized spacial score (nSPS) is 11.5. The Kier molecular flexibility index (Phi) is 5.16. The molecule has 0 unspecified atom stereocenters. The smallest absolute Gasteiger partial charge is 0.203 e. The van der Waals surface area contributed by atoms with E-state index in [1.54, 1.807) is 0 Å². The number of nitrogens with zero attached hydrogens (tertiary/aromatic N) is 2. The first kappa shape index (κ1) is 16.5. The molecule has 24 heavy (non-hydrogen) atoms. The Hall–Kier alpha value is -2.33. The van der Waals surface area contributed by atoms with E-state index in [9.17, 15) is 0 Å². The Labute approximate surface area is 151 Å². The number of aromatic nitrogens is 2. The van der Waals surface area contributed by atoms with Crippen LogP contribution in [0.4, 0.5) is 5.95 Å². The second-order valence-corrected chi connectivity index (χ2v) is 6.71. The quantitative estimate of drug-likeness (QED) is 0.643. The summed E-state index contributed by atoms with van der Waals surface area (Å²) in [6.07, 6.45) is 4.09. The largest absolute Gasteiger partial charge is 0.352 e. The topological polar surface area (TPSA) is 29.9 Å². The van der Waals surface area contributed by atoms with Gasteiger partial charge in [-0.3, -0.25) is 0 Å². The summed E-state index contributed by atoms with van der Waals surface area (Å²) in [4.78, 5) is 4.51. The van der Waals surface area contributed by atoms with Crippen LogP contribution in [0.25, 0.3) is 17.3 Å². The summed E-state index contributed by atoms with van der Waals surface area (Å²) in [7, 11) is 2.03. The van der Waals surface area contributed by atoms with Crippen LogP contribution < -0.4 is 5.32 Å². The molecule has 3 nitrogen and oxygen atoms in total. The van der Waals surface area contributed by atoms with Crippen LogP contribution in [0, 0.1) is 0 Å². The maximum absolute atomic E-state index is 4.51. The molecular formula is C20H20BrN3. The third-order valence-corrected chi connectivity index (χ3v) is 4.34. The molecule has 0 amide bonds. The van der Waals surface area contributed by atoms with Crippen molar-refractivity contribution in [2.75, 3.05) is 11.9 Å². The van der Waals surface area contributed by atoms with Crippen molar-refractivity contribution in [1.29, 1.82) is 0 Å². The molecule has 0 aliphatic rings. The maximum atomic E-state index is 4.51. The zero-order valence-corrected chi connectivity index (χ0v) is 15.4. The monoisotopic (exact) mass is 381 g/mol. The van der Waals surface area contributed by atoms with Crippen LogP contribution in [0.5, 0.6) is 0 Å². The lowest BCUT2D eigenvalue weighted by atomic mass is 10.1. The van der Waals surface area contributed by atoms with E-state index < -0.39 is 0 Å². The van der Waals surface area contributed by atoms with Crippen molar-refractivity contribution in [3.05, 3.63) is 76.4 Å². The molecule has 0 atom stereocenters. The minimum Gasteiger partial charge on any atom is -0.352 e. The number of imidazole rings is 1. The van der Waals surface area contributed by atoms with Crippen molar-refractivity contribution >= 4 is 28.0 Å². The Balaban J connectivity index is 1.72. The molecule has 2 aromatic carbocycles. The summed E-state index contributed by atoms with van der Waals surface area (Å²) >= 11 is 3.52. The molecule has 0 saturated heterocycles. The van der Waals surface area contributed by atoms with Gasteiger partial charge in [0.2, 0.25) is 5.95 Å². The second kappa shape index (κ2) is 7.49. The summed E-state index contributed by atoms with van der Waals surface area (Å²) < 4.78 is 3.15. The number of rotatable bonds is 5. The van der Waals surface area contributed by atoms with E-state index in [2.05, 4.69) is 80.2 Å². The maximum Gasteiger partial charge on any atom is 0.203 e. The number of halogens is 1. The molecular weight excluding hydrogens is 362 g/mol. The van der Waals surface area contributed by atoms with E-state index in [1.165, 1.54) is 11.1 Å². The third-order valence-electron chi connectivity index (χ3n) is 3.85. The first-order valence-electron chi connectivity index (χ1n) is 7.87. The van der Waals surface area contributed by atoms with Gasteiger partial charge < -0.3 is 9.88 Å². The van der Waals surface area contributed by atoms with Gasteiger partial charge in [0.05, 0.1) is 11.9 Å². The van der Waals surface area contributed by atoms with E-state index >= 15 is 0 Å². The second-order valence-electron chi connectivity index (χ2n) is 5.79. The van der Waals surface area contributed by atoms with Gasteiger partial charge >= 0.3 is 0 Å². The van der Waals surface area contributed by atoms with Gasteiger partial charge in [-0.15, -0.1) is 0 Å². The molecule has 0 radical (unpaired) electrons. The minimum absolute atomic E-state index is 0.762. The molecule has 4 heteroatoms. The molecule has 0 aliphatic carbocycles. The van der Waals surface area contributed by atoms with Crippen molar-refractivity contribution in [1.82, 2.24) is 9.55 Å². The molecule has 1 heterocycles. The van der Waals surface area contributed by atoms with Gasteiger partial charge in [0.15, 0.2) is 0 Å². The Morgan fingerprint density at radius 1 is 1.17 bits per heavy atom. The van der Waals surface area contributed by atoms with Crippen LogP contribution in [-0.2, 0) is 7.05 Å².